The molecule has 3 aliphatic rings. The number of allylic oxidation sites excluding steroid dienone is 1. The first-order chi connectivity index (χ1) is 24.2. The predicted molar refractivity (Wildman–Crippen MR) is 188 cm³/mol. The maximum Gasteiger partial charge on any atom is 0.288 e. The SMILES string of the molecule is COc1ccc(S(=O)(=O)N(CCO)CCO[C@@H]2C[C@H](c3cn(C(C)=O)c4ccccc34)C=C(C(=O)N3CCC(N4CCCCC4)CC3)O2)cc1. The molecule has 2 atom stereocenters. The van der Waals surface area contributed by atoms with Crippen LogP contribution in [0.25, 0.3) is 10.9 Å². The molecule has 2 aromatic carbocycles. The molecule has 2 saturated heterocycles. The van der Waals surface area contributed by atoms with Gasteiger partial charge >= 0.3 is 0 Å². The summed E-state index contributed by atoms with van der Waals surface area (Å²) in [5.41, 5.74) is 1.66. The third-order valence-corrected chi connectivity index (χ3v) is 12.0. The Morgan fingerprint density at radius 3 is 2.38 bits per heavy atom. The summed E-state index contributed by atoms with van der Waals surface area (Å²) in [5, 5.41) is 10.6. The molecule has 0 spiro atoms. The number of piperidine rings is 2. The van der Waals surface area contributed by atoms with Crippen molar-refractivity contribution in [3.05, 3.63) is 72.1 Å². The summed E-state index contributed by atoms with van der Waals surface area (Å²) < 4.78 is 47.3. The third kappa shape index (κ3) is 7.92. The summed E-state index contributed by atoms with van der Waals surface area (Å²) in [6.07, 6.45) is 8.74. The van der Waals surface area contributed by atoms with Crippen molar-refractivity contribution >= 4 is 32.7 Å². The highest BCUT2D eigenvalue weighted by atomic mass is 32.2. The van der Waals surface area contributed by atoms with Gasteiger partial charge in [0.2, 0.25) is 22.2 Å². The zero-order chi connectivity index (χ0) is 35.3. The van der Waals surface area contributed by atoms with Crippen LogP contribution in [0.1, 0.15) is 61.7 Å². The maximum atomic E-state index is 14.0. The molecule has 1 amide bonds. The highest BCUT2D eigenvalue weighted by Gasteiger charge is 2.35. The number of nitrogens with zero attached hydrogens (tertiary/aromatic N) is 4. The molecule has 12 nitrogen and oxygen atoms in total. The van der Waals surface area contributed by atoms with Gasteiger partial charge in [0.1, 0.15) is 5.75 Å². The van der Waals surface area contributed by atoms with Crippen LogP contribution >= 0.6 is 0 Å². The van der Waals surface area contributed by atoms with Gasteiger partial charge in [-0.25, -0.2) is 8.42 Å². The number of ether oxygens (including phenoxy) is 3. The first-order valence-electron chi connectivity index (χ1n) is 17.6. The molecule has 1 N–H and O–H groups in total. The van der Waals surface area contributed by atoms with Crippen molar-refractivity contribution in [2.45, 2.75) is 68.6 Å². The van der Waals surface area contributed by atoms with E-state index in [-0.39, 0.29) is 54.7 Å². The molecule has 6 rings (SSSR count). The molecule has 3 aliphatic heterocycles. The number of para-hydroxylation sites is 1. The Morgan fingerprint density at radius 2 is 1.70 bits per heavy atom. The van der Waals surface area contributed by atoms with E-state index in [0.717, 1.165) is 42.4 Å². The van der Waals surface area contributed by atoms with Crippen LogP contribution in [-0.2, 0) is 24.3 Å². The number of aromatic nitrogens is 1. The lowest BCUT2D eigenvalue weighted by Gasteiger charge is -2.40. The highest BCUT2D eigenvalue weighted by Crippen LogP contribution is 2.37. The molecular weight excluding hydrogens is 660 g/mol. The number of likely N-dealkylation sites (tertiary alicyclic amines) is 2. The minimum Gasteiger partial charge on any atom is -0.497 e. The smallest absolute Gasteiger partial charge is 0.288 e. The van der Waals surface area contributed by atoms with Gasteiger partial charge in [-0.2, -0.15) is 4.31 Å². The van der Waals surface area contributed by atoms with E-state index in [1.165, 1.54) is 49.7 Å². The number of hydrogen-bond donors (Lipinski definition) is 1. The zero-order valence-electron chi connectivity index (χ0n) is 28.9. The van der Waals surface area contributed by atoms with Crippen molar-refractivity contribution in [1.82, 2.24) is 18.7 Å². The second kappa shape index (κ2) is 16.1. The second-order valence-corrected chi connectivity index (χ2v) is 15.1. The van der Waals surface area contributed by atoms with Gasteiger partial charge in [0.25, 0.3) is 5.91 Å². The molecule has 13 heteroatoms. The molecule has 3 aromatic rings. The fourth-order valence-electron chi connectivity index (χ4n) is 7.41. The molecule has 0 aliphatic carbocycles. The van der Waals surface area contributed by atoms with Crippen LogP contribution in [0.5, 0.6) is 5.75 Å². The van der Waals surface area contributed by atoms with E-state index in [9.17, 15) is 23.1 Å². The summed E-state index contributed by atoms with van der Waals surface area (Å²) in [6.45, 7) is 4.48. The number of benzene rings is 2. The summed E-state index contributed by atoms with van der Waals surface area (Å²) in [5.74, 6) is 0.105. The molecule has 50 heavy (non-hydrogen) atoms. The molecule has 2 fully saturated rings. The van der Waals surface area contributed by atoms with Crippen molar-refractivity contribution in [3.63, 3.8) is 0 Å². The molecule has 0 radical (unpaired) electrons. The summed E-state index contributed by atoms with van der Waals surface area (Å²) in [6, 6.07) is 14.2. The van der Waals surface area contributed by atoms with Gasteiger partial charge in [-0.05, 0) is 80.7 Å². The standard InChI is InChI=1S/C37H48N4O8S/c1-27(43)41-26-33(32-8-4-5-9-34(32)41)28-24-35(37(44)39-18-14-29(15-19-39)38-16-6-3-7-17-38)49-36(25-28)48-23-21-40(20-22-42)50(45,46)31-12-10-30(47-2)11-13-31/h4-5,8-13,24,26,28-29,36,42H,3,6-7,14-23,25H2,1-2H3/t28-,36+/m1/s1. The second-order valence-electron chi connectivity index (χ2n) is 13.2. The quantitative estimate of drug-likeness (QED) is 0.294. The normalized spacial score (nSPS) is 20.9. The molecule has 0 saturated carbocycles. The average molecular weight is 709 g/mol. The average Bonchev–Trinajstić information content (AvgIpc) is 3.55. The fourth-order valence-corrected chi connectivity index (χ4v) is 8.82. The highest BCUT2D eigenvalue weighted by molar-refractivity contribution is 7.89. The number of carbonyl (C=O) groups excluding carboxylic acids is 2. The van der Waals surface area contributed by atoms with Crippen LogP contribution in [-0.4, -0.2) is 116 Å². The van der Waals surface area contributed by atoms with E-state index >= 15 is 0 Å². The van der Waals surface area contributed by atoms with Gasteiger partial charge in [0.05, 0.1) is 30.7 Å². The Morgan fingerprint density at radius 1 is 0.980 bits per heavy atom. The van der Waals surface area contributed by atoms with Gasteiger partial charge in [-0.3, -0.25) is 14.2 Å². The van der Waals surface area contributed by atoms with Crippen LogP contribution < -0.4 is 4.74 Å². The van der Waals surface area contributed by atoms with E-state index in [2.05, 4.69) is 4.90 Å². The van der Waals surface area contributed by atoms with E-state index in [0.29, 0.717) is 31.3 Å². The van der Waals surface area contributed by atoms with Gasteiger partial charge in [-0.15, -0.1) is 0 Å². The van der Waals surface area contributed by atoms with E-state index in [1.54, 1.807) is 16.7 Å². The predicted octanol–water partition coefficient (Wildman–Crippen LogP) is 4.20. The number of fused-ring (bicyclic) bond motifs is 1. The number of rotatable bonds is 12. The van der Waals surface area contributed by atoms with Gasteiger partial charge in [-0.1, -0.05) is 24.6 Å². The molecule has 1 aromatic heterocycles. The minimum absolute atomic E-state index is 0.0370. The topological polar surface area (TPSA) is 131 Å². The Bertz CT molecular complexity index is 1780. The first-order valence-corrected chi connectivity index (χ1v) is 19.0. The lowest BCUT2D eigenvalue weighted by molar-refractivity contribution is -0.153. The zero-order valence-corrected chi connectivity index (χ0v) is 29.7. The van der Waals surface area contributed by atoms with Crippen molar-refractivity contribution < 1.29 is 37.3 Å². The summed E-state index contributed by atoms with van der Waals surface area (Å²) in [4.78, 5) is 31.1. The lowest BCUT2D eigenvalue weighted by atomic mass is 9.92. The number of sulfonamides is 1. The minimum atomic E-state index is -3.94. The van der Waals surface area contributed by atoms with E-state index in [1.807, 2.05) is 41.4 Å². The monoisotopic (exact) mass is 708 g/mol. The van der Waals surface area contributed by atoms with Crippen LogP contribution in [0.2, 0.25) is 0 Å². The van der Waals surface area contributed by atoms with Gasteiger partial charge in [0, 0.05) is 63.1 Å². The number of amides is 1. The summed E-state index contributed by atoms with van der Waals surface area (Å²) >= 11 is 0. The van der Waals surface area contributed by atoms with Crippen molar-refractivity contribution in [3.8, 4) is 5.75 Å². The Hall–Kier alpha value is -3.75. The van der Waals surface area contributed by atoms with Gasteiger partial charge in [0.15, 0.2) is 5.76 Å². The van der Waals surface area contributed by atoms with E-state index in [4.69, 9.17) is 14.2 Å². The molecule has 270 valence electrons. The van der Waals surface area contributed by atoms with Crippen molar-refractivity contribution in [1.29, 1.82) is 0 Å². The molecule has 0 bridgehead atoms. The molecule has 4 heterocycles. The third-order valence-electron chi connectivity index (χ3n) is 10.1. The first kappa shape index (κ1) is 36.1. The number of aliphatic hydroxyl groups is 1. The fraction of sp³-hybridized carbons (Fsp3) is 0.514. The van der Waals surface area contributed by atoms with Crippen molar-refractivity contribution in [2.24, 2.45) is 0 Å². The van der Waals surface area contributed by atoms with Crippen LogP contribution in [0.4, 0.5) is 0 Å². The Balaban J connectivity index is 1.20. The van der Waals surface area contributed by atoms with Crippen LogP contribution in [0.15, 0.2) is 71.5 Å². The number of methoxy groups -OCH3 is 1. The maximum absolute atomic E-state index is 14.0. The lowest BCUT2D eigenvalue weighted by Crippen LogP contribution is -2.49. The van der Waals surface area contributed by atoms with Gasteiger partial charge < -0.3 is 29.1 Å². The molecular formula is C37H48N4O8S. The largest absolute Gasteiger partial charge is 0.497 e. The van der Waals surface area contributed by atoms with Crippen LogP contribution in [0.3, 0.4) is 0 Å². The summed E-state index contributed by atoms with van der Waals surface area (Å²) in [7, 11) is -2.43. The van der Waals surface area contributed by atoms with E-state index < -0.39 is 16.3 Å². The Labute approximate surface area is 294 Å². The molecule has 0 unspecified atom stereocenters. The number of aliphatic hydroxyl groups excluding tert-OH is 1. The number of hydrogen-bond acceptors (Lipinski definition) is 9. The van der Waals surface area contributed by atoms with Crippen LogP contribution in [0, 0.1) is 0 Å². The number of carbonyl (C=O) groups is 2. The Kier molecular flexibility index (Phi) is 11.6. The van der Waals surface area contributed by atoms with Crippen molar-refractivity contribution in [2.75, 3.05) is 59.6 Å².